The first-order chi connectivity index (χ1) is 9.95. The fourth-order valence-corrected chi connectivity index (χ4v) is 3.42. The zero-order valence-corrected chi connectivity index (χ0v) is 12.6. The molecule has 0 saturated carbocycles. The van der Waals surface area contributed by atoms with E-state index in [1.54, 1.807) is 24.3 Å². The first-order valence-electron chi connectivity index (χ1n) is 6.85. The molecule has 0 saturated heterocycles. The Morgan fingerprint density at radius 1 is 1.10 bits per heavy atom. The van der Waals surface area contributed by atoms with Gasteiger partial charge in [-0.1, -0.05) is 24.3 Å². The van der Waals surface area contributed by atoms with Crippen LogP contribution in [0.25, 0.3) is 0 Å². The average Bonchev–Trinajstić information content (AvgIpc) is 2.75. The highest BCUT2D eigenvalue weighted by molar-refractivity contribution is 7.90. The van der Waals surface area contributed by atoms with E-state index in [9.17, 15) is 8.42 Å². The Bertz CT molecular complexity index is 754. The van der Waals surface area contributed by atoms with Crippen molar-refractivity contribution in [2.24, 2.45) is 5.73 Å². The van der Waals surface area contributed by atoms with Crippen molar-refractivity contribution >= 4 is 15.5 Å². The molecule has 0 amide bonds. The highest BCUT2D eigenvalue weighted by Gasteiger charge is 2.29. The lowest BCUT2D eigenvalue weighted by molar-refractivity contribution is 0.602. The van der Waals surface area contributed by atoms with Gasteiger partial charge in [-0.25, -0.2) is 8.42 Å². The van der Waals surface area contributed by atoms with Gasteiger partial charge in [-0.15, -0.1) is 0 Å². The van der Waals surface area contributed by atoms with Crippen LogP contribution in [0.1, 0.15) is 17.2 Å². The number of fused-ring (bicyclic) bond motifs is 1. The minimum atomic E-state index is -3.16. The van der Waals surface area contributed by atoms with Crippen molar-refractivity contribution in [3.8, 4) is 0 Å². The van der Waals surface area contributed by atoms with Crippen molar-refractivity contribution in [1.29, 1.82) is 0 Å². The van der Waals surface area contributed by atoms with Crippen LogP contribution in [0.4, 0.5) is 5.69 Å². The van der Waals surface area contributed by atoms with Gasteiger partial charge in [-0.2, -0.15) is 0 Å². The summed E-state index contributed by atoms with van der Waals surface area (Å²) in [5, 5.41) is 3.41. The SMILES string of the molecule is CS(=O)(=O)c1ccc(NC2c3ccccc3CC2N)cc1. The van der Waals surface area contributed by atoms with E-state index < -0.39 is 9.84 Å². The number of hydrogen-bond donors (Lipinski definition) is 2. The summed E-state index contributed by atoms with van der Waals surface area (Å²) in [6, 6.07) is 15.1. The van der Waals surface area contributed by atoms with Gasteiger partial charge < -0.3 is 11.1 Å². The lowest BCUT2D eigenvalue weighted by Gasteiger charge is -2.20. The molecule has 2 atom stereocenters. The predicted octanol–water partition coefficient (Wildman–Crippen LogP) is 2.13. The maximum absolute atomic E-state index is 11.5. The summed E-state index contributed by atoms with van der Waals surface area (Å²) in [5.74, 6) is 0. The summed E-state index contributed by atoms with van der Waals surface area (Å²) in [4.78, 5) is 0.323. The van der Waals surface area contributed by atoms with E-state index in [1.165, 1.54) is 17.4 Å². The molecule has 5 heteroatoms. The van der Waals surface area contributed by atoms with E-state index in [2.05, 4.69) is 17.4 Å². The van der Waals surface area contributed by atoms with Crippen LogP contribution < -0.4 is 11.1 Å². The molecule has 4 nitrogen and oxygen atoms in total. The molecule has 1 aliphatic carbocycles. The molecule has 2 aromatic carbocycles. The molecule has 1 aliphatic rings. The summed E-state index contributed by atoms with van der Waals surface area (Å²) in [7, 11) is -3.16. The van der Waals surface area contributed by atoms with E-state index in [4.69, 9.17) is 5.73 Å². The Labute approximate surface area is 124 Å². The van der Waals surface area contributed by atoms with Crippen LogP contribution in [0.2, 0.25) is 0 Å². The van der Waals surface area contributed by atoms with Crippen LogP contribution in [-0.4, -0.2) is 20.7 Å². The minimum Gasteiger partial charge on any atom is -0.377 e. The largest absolute Gasteiger partial charge is 0.377 e. The number of benzene rings is 2. The van der Waals surface area contributed by atoms with Gasteiger partial charge in [-0.3, -0.25) is 0 Å². The van der Waals surface area contributed by atoms with E-state index >= 15 is 0 Å². The first kappa shape index (κ1) is 14.1. The Kier molecular flexibility index (Phi) is 3.47. The second-order valence-electron chi connectivity index (χ2n) is 5.49. The van der Waals surface area contributed by atoms with Crippen LogP contribution >= 0.6 is 0 Å². The number of nitrogens with one attached hydrogen (secondary N) is 1. The third-order valence-corrected chi connectivity index (χ3v) is 5.01. The standard InChI is InChI=1S/C16H18N2O2S/c1-21(19,20)13-8-6-12(7-9-13)18-16-14-5-3-2-4-11(14)10-15(16)17/h2-9,15-16,18H,10,17H2,1H3. The van der Waals surface area contributed by atoms with E-state index in [0.29, 0.717) is 4.90 Å². The van der Waals surface area contributed by atoms with Gasteiger partial charge in [0.05, 0.1) is 10.9 Å². The third kappa shape index (κ3) is 2.80. The van der Waals surface area contributed by atoms with Crippen molar-refractivity contribution in [2.75, 3.05) is 11.6 Å². The molecule has 0 aromatic heterocycles. The second-order valence-corrected chi connectivity index (χ2v) is 7.50. The summed E-state index contributed by atoms with van der Waals surface area (Å²) in [5.41, 5.74) is 9.59. The van der Waals surface area contributed by atoms with Crippen molar-refractivity contribution in [2.45, 2.75) is 23.4 Å². The summed E-state index contributed by atoms with van der Waals surface area (Å²) < 4.78 is 22.9. The molecule has 21 heavy (non-hydrogen) atoms. The summed E-state index contributed by atoms with van der Waals surface area (Å²) in [6.45, 7) is 0. The van der Waals surface area contributed by atoms with E-state index in [1.807, 2.05) is 12.1 Å². The minimum absolute atomic E-state index is 0.0250. The molecular formula is C16H18N2O2S. The molecule has 0 fully saturated rings. The molecule has 0 bridgehead atoms. The molecule has 2 unspecified atom stereocenters. The molecule has 110 valence electrons. The van der Waals surface area contributed by atoms with Crippen molar-refractivity contribution in [3.63, 3.8) is 0 Å². The zero-order chi connectivity index (χ0) is 15.0. The quantitative estimate of drug-likeness (QED) is 0.911. The second kappa shape index (κ2) is 5.16. The van der Waals surface area contributed by atoms with E-state index in [-0.39, 0.29) is 12.1 Å². The van der Waals surface area contributed by atoms with Crippen molar-refractivity contribution < 1.29 is 8.42 Å². The number of anilines is 1. The lowest BCUT2D eigenvalue weighted by Crippen LogP contribution is -2.29. The van der Waals surface area contributed by atoms with Crippen molar-refractivity contribution in [3.05, 3.63) is 59.7 Å². The topological polar surface area (TPSA) is 72.2 Å². The molecule has 3 N–H and O–H groups in total. The fourth-order valence-electron chi connectivity index (χ4n) is 2.79. The normalized spacial score (nSPS) is 21.0. The Hall–Kier alpha value is -1.85. The van der Waals surface area contributed by atoms with Crippen LogP contribution in [-0.2, 0) is 16.3 Å². The van der Waals surface area contributed by atoms with Gasteiger partial charge in [0.15, 0.2) is 9.84 Å². The Morgan fingerprint density at radius 3 is 2.43 bits per heavy atom. The van der Waals surface area contributed by atoms with Crippen LogP contribution in [0.15, 0.2) is 53.4 Å². The Balaban J connectivity index is 1.84. The Morgan fingerprint density at radius 2 is 1.76 bits per heavy atom. The maximum Gasteiger partial charge on any atom is 0.175 e. The lowest BCUT2D eigenvalue weighted by atomic mass is 10.1. The van der Waals surface area contributed by atoms with Gasteiger partial charge >= 0.3 is 0 Å². The summed E-state index contributed by atoms with van der Waals surface area (Å²) >= 11 is 0. The number of rotatable bonds is 3. The molecule has 0 aliphatic heterocycles. The zero-order valence-electron chi connectivity index (χ0n) is 11.8. The maximum atomic E-state index is 11.5. The molecule has 0 radical (unpaired) electrons. The highest BCUT2D eigenvalue weighted by atomic mass is 32.2. The van der Waals surface area contributed by atoms with Crippen LogP contribution in [0.5, 0.6) is 0 Å². The first-order valence-corrected chi connectivity index (χ1v) is 8.74. The number of hydrogen-bond acceptors (Lipinski definition) is 4. The van der Waals surface area contributed by atoms with Gasteiger partial charge in [0.2, 0.25) is 0 Å². The van der Waals surface area contributed by atoms with Crippen LogP contribution in [0, 0.1) is 0 Å². The summed E-state index contributed by atoms with van der Waals surface area (Å²) in [6.07, 6.45) is 2.06. The third-order valence-electron chi connectivity index (χ3n) is 3.88. The average molecular weight is 302 g/mol. The fraction of sp³-hybridized carbons (Fsp3) is 0.250. The number of sulfone groups is 1. The van der Waals surface area contributed by atoms with E-state index in [0.717, 1.165) is 12.1 Å². The number of nitrogens with two attached hydrogens (primary N) is 1. The van der Waals surface area contributed by atoms with Crippen molar-refractivity contribution in [1.82, 2.24) is 0 Å². The molecule has 0 heterocycles. The molecular weight excluding hydrogens is 284 g/mol. The molecule has 2 aromatic rings. The van der Waals surface area contributed by atoms with Gasteiger partial charge in [0.1, 0.15) is 0 Å². The molecule has 3 rings (SSSR count). The smallest absolute Gasteiger partial charge is 0.175 e. The van der Waals surface area contributed by atoms with Gasteiger partial charge in [0, 0.05) is 18.0 Å². The van der Waals surface area contributed by atoms with Gasteiger partial charge in [-0.05, 0) is 41.8 Å². The van der Waals surface area contributed by atoms with Gasteiger partial charge in [0.25, 0.3) is 0 Å². The van der Waals surface area contributed by atoms with Crippen LogP contribution in [0.3, 0.4) is 0 Å². The monoisotopic (exact) mass is 302 g/mol. The molecule has 0 spiro atoms. The highest BCUT2D eigenvalue weighted by Crippen LogP contribution is 2.33. The predicted molar refractivity (Wildman–Crippen MR) is 84.0 cm³/mol.